The molecule has 1 aromatic heterocycles. The quantitative estimate of drug-likeness (QED) is 0.760. The topological polar surface area (TPSA) is 71.8 Å². The highest BCUT2D eigenvalue weighted by atomic mass is 16.5. The van der Waals surface area contributed by atoms with E-state index in [4.69, 9.17) is 9.15 Å². The molecule has 6 heteroatoms. The van der Waals surface area contributed by atoms with Gasteiger partial charge in [-0.25, -0.2) is 0 Å². The normalized spacial score (nSPS) is 11.4. The van der Waals surface area contributed by atoms with Crippen molar-refractivity contribution >= 4 is 11.9 Å². The van der Waals surface area contributed by atoms with Gasteiger partial charge in [-0.15, -0.1) is 0 Å². The zero-order chi connectivity index (χ0) is 15.2. The molecule has 0 aromatic carbocycles. The van der Waals surface area contributed by atoms with Crippen molar-refractivity contribution in [2.45, 2.75) is 32.9 Å². The average molecular weight is 282 g/mol. The van der Waals surface area contributed by atoms with Crippen LogP contribution in [0.3, 0.4) is 0 Å². The van der Waals surface area contributed by atoms with Crippen molar-refractivity contribution in [3.8, 4) is 0 Å². The van der Waals surface area contributed by atoms with Gasteiger partial charge >= 0.3 is 5.97 Å². The molecule has 1 heterocycles. The van der Waals surface area contributed by atoms with Crippen LogP contribution in [0.2, 0.25) is 0 Å². The Balaban J connectivity index is 2.45. The Labute approximate surface area is 119 Å². The first-order chi connectivity index (χ1) is 9.37. The summed E-state index contributed by atoms with van der Waals surface area (Å²) in [5, 5.41) is 2.73. The molecule has 20 heavy (non-hydrogen) atoms. The lowest BCUT2D eigenvalue weighted by molar-refractivity contribution is -0.155. The third-order valence-corrected chi connectivity index (χ3v) is 3.15. The molecule has 1 rings (SSSR count). The lowest BCUT2D eigenvalue weighted by Gasteiger charge is -2.32. The van der Waals surface area contributed by atoms with Gasteiger partial charge < -0.3 is 14.5 Å². The van der Waals surface area contributed by atoms with Crippen LogP contribution >= 0.6 is 0 Å². The van der Waals surface area contributed by atoms with Crippen molar-refractivity contribution in [2.24, 2.45) is 0 Å². The van der Waals surface area contributed by atoms with E-state index in [1.807, 2.05) is 0 Å². The van der Waals surface area contributed by atoms with Gasteiger partial charge in [-0.05, 0) is 40.0 Å². The summed E-state index contributed by atoms with van der Waals surface area (Å²) in [4.78, 5) is 25.3. The number of hydrogen-bond acceptors (Lipinski definition) is 5. The zero-order valence-corrected chi connectivity index (χ0v) is 12.4. The van der Waals surface area contributed by atoms with Gasteiger partial charge in [-0.1, -0.05) is 0 Å². The molecule has 0 bridgehead atoms. The lowest BCUT2D eigenvalue weighted by atomic mass is 10.0. The van der Waals surface area contributed by atoms with Gasteiger partial charge in [0.1, 0.15) is 11.3 Å². The highest BCUT2D eigenvalue weighted by Gasteiger charge is 2.34. The molecule has 0 aliphatic rings. The summed E-state index contributed by atoms with van der Waals surface area (Å²) >= 11 is 0. The Bertz CT molecular complexity index is 440. The molecule has 0 saturated heterocycles. The Morgan fingerprint density at radius 2 is 2.15 bits per heavy atom. The minimum atomic E-state index is -0.849. The standard InChI is InChI=1S/C14H22N2O4/c1-5-19-13(18)14(2,3)16(4)10-12(17)15-9-11-7-6-8-20-11/h6-8H,5,9-10H2,1-4H3,(H,15,17). The van der Waals surface area contributed by atoms with Crippen LogP contribution < -0.4 is 5.32 Å². The summed E-state index contributed by atoms with van der Waals surface area (Å²) < 4.78 is 10.1. The van der Waals surface area contributed by atoms with Crippen molar-refractivity contribution in [2.75, 3.05) is 20.2 Å². The van der Waals surface area contributed by atoms with Crippen LogP contribution in [-0.4, -0.2) is 42.5 Å². The third-order valence-electron chi connectivity index (χ3n) is 3.15. The number of likely N-dealkylation sites (N-methyl/N-ethyl adjacent to an activating group) is 1. The van der Waals surface area contributed by atoms with Crippen LogP contribution in [0.5, 0.6) is 0 Å². The number of rotatable bonds is 7. The van der Waals surface area contributed by atoms with Crippen LogP contribution in [0.25, 0.3) is 0 Å². The molecule has 0 atom stereocenters. The fraction of sp³-hybridized carbons (Fsp3) is 0.571. The third kappa shape index (κ3) is 4.38. The van der Waals surface area contributed by atoms with Crippen LogP contribution in [-0.2, 0) is 20.9 Å². The maximum atomic E-state index is 11.8. The monoisotopic (exact) mass is 282 g/mol. The summed E-state index contributed by atoms with van der Waals surface area (Å²) in [5.74, 6) is 0.160. The summed E-state index contributed by atoms with van der Waals surface area (Å²) in [6.45, 7) is 5.96. The number of furan rings is 1. The van der Waals surface area contributed by atoms with Crippen LogP contribution in [0.1, 0.15) is 26.5 Å². The predicted molar refractivity (Wildman–Crippen MR) is 73.9 cm³/mol. The summed E-state index contributed by atoms with van der Waals surface area (Å²) in [5.41, 5.74) is -0.849. The van der Waals surface area contributed by atoms with E-state index in [9.17, 15) is 9.59 Å². The van der Waals surface area contributed by atoms with E-state index in [0.717, 1.165) is 0 Å². The fourth-order valence-electron chi connectivity index (χ4n) is 1.53. The predicted octanol–water partition coefficient (Wildman–Crippen LogP) is 1.17. The Morgan fingerprint density at radius 1 is 1.45 bits per heavy atom. The van der Waals surface area contributed by atoms with Gasteiger partial charge in [0.2, 0.25) is 5.91 Å². The van der Waals surface area contributed by atoms with Crippen molar-refractivity contribution in [1.82, 2.24) is 10.2 Å². The molecule has 0 aliphatic heterocycles. The van der Waals surface area contributed by atoms with Gasteiger partial charge in [-0.3, -0.25) is 14.5 Å². The molecule has 0 spiro atoms. The summed E-state index contributed by atoms with van der Waals surface area (Å²) in [7, 11) is 1.71. The van der Waals surface area contributed by atoms with E-state index < -0.39 is 5.54 Å². The minimum absolute atomic E-state index is 0.104. The molecule has 0 radical (unpaired) electrons. The molecule has 0 unspecified atom stereocenters. The number of carbonyl (C=O) groups excluding carboxylic acids is 2. The molecule has 1 aromatic rings. The van der Waals surface area contributed by atoms with Gasteiger partial charge in [0.05, 0.1) is 26.0 Å². The van der Waals surface area contributed by atoms with E-state index >= 15 is 0 Å². The van der Waals surface area contributed by atoms with Crippen LogP contribution in [0, 0.1) is 0 Å². The number of ether oxygens (including phenoxy) is 1. The molecular formula is C14H22N2O4. The fourth-order valence-corrected chi connectivity index (χ4v) is 1.53. The number of amides is 1. The molecule has 0 aliphatic carbocycles. The Hall–Kier alpha value is -1.82. The first-order valence-corrected chi connectivity index (χ1v) is 6.55. The zero-order valence-electron chi connectivity index (χ0n) is 12.4. The highest BCUT2D eigenvalue weighted by molar-refractivity contribution is 5.82. The molecule has 112 valence electrons. The van der Waals surface area contributed by atoms with Crippen LogP contribution in [0.15, 0.2) is 22.8 Å². The van der Waals surface area contributed by atoms with Crippen LogP contribution in [0.4, 0.5) is 0 Å². The second-order valence-electron chi connectivity index (χ2n) is 4.99. The minimum Gasteiger partial charge on any atom is -0.467 e. The van der Waals surface area contributed by atoms with E-state index in [-0.39, 0.29) is 18.4 Å². The van der Waals surface area contributed by atoms with Gasteiger partial charge in [0, 0.05) is 0 Å². The molecular weight excluding hydrogens is 260 g/mol. The van der Waals surface area contributed by atoms with Gasteiger partial charge in [0.25, 0.3) is 0 Å². The maximum absolute atomic E-state index is 11.8. The maximum Gasteiger partial charge on any atom is 0.325 e. The number of nitrogens with one attached hydrogen (secondary N) is 1. The Kier molecular flexibility index (Phi) is 5.76. The van der Waals surface area contributed by atoms with Crippen molar-refractivity contribution < 1.29 is 18.7 Å². The highest BCUT2D eigenvalue weighted by Crippen LogP contribution is 2.14. The number of esters is 1. The molecule has 6 nitrogen and oxygen atoms in total. The first-order valence-electron chi connectivity index (χ1n) is 6.55. The van der Waals surface area contributed by atoms with Crippen molar-refractivity contribution in [1.29, 1.82) is 0 Å². The molecule has 1 amide bonds. The van der Waals surface area contributed by atoms with E-state index in [2.05, 4.69) is 5.32 Å². The van der Waals surface area contributed by atoms with E-state index in [1.54, 1.807) is 51.1 Å². The number of nitrogens with zero attached hydrogens (tertiary/aromatic N) is 1. The number of carbonyl (C=O) groups is 2. The summed E-state index contributed by atoms with van der Waals surface area (Å²) in [6, 6.07) is 3.55. The largest absolute Gasteiger partial charge is 0.467 e. The lowest BCUT2D eigenvalue weighted by Crippen LogP contribution is -2.52. The first kappa shape index (κ1) is 16.2. The molecule has 0 saturated carbocycles. The second kappa shape index (κ2) is 7.09. The average Bonchev–Trinajstić information content (AvgIpc) is 2.89. The second-order valence-corrected chi connectivity index (χ2v) is 4.99. The Morgan fingerprint density at radius 3 is 2.70 bits per heavy atom. The molecule has 0 fully saturated rings. The summed E-state index contributed by atoms with van der Waals surface area (Å²) in [6.07, 6.45) is 1.55. The van der Waals surface area contributed by atoms with Gasteiger partial charge in [-0.2, -0.15) is 0 Å². The molecule has 1 N–H and O–H groups in total. The van der Waals surface area contributed by atoms with E-state index in [0.29, 0.717) is 18.9 Å². The van der Waals surface area contributed by atoms with Crippen molar-refractivity contribution in [3.05, 3.63) is 24.2 Å². The van der Waals surface area contributed by atoms with E-state index in [1.165, 1.54) is 0 Å². The smallest absolute Gasteiger partial charge is 0.325 e. The SMILES string of the molecule is CCOC(=O)C(C)(C)N(C)CC(=O)NCc1ccco1. The van der Waals surface area contributed by atoms with Gasteiger partial charge in [0.15, 0.2) is 0 Å². The number of hydrogen-bond donors (Lipinski definition) is 1. The van der Waals surface area contributed by atoms with Crippen molar-refractivity contribution in [3.63, 3.8) is 0 Å².